The monoisotopic (exact) mass is 254 g/mol. The van der Waals surface area contributed by atoms with Gasteiger partial charge in [0.25, 0.3) is 0 Å². The van der Waals surface area contributed by atoms with Crippen molar-refractivity contribution in [3.05, 3.63) is 0 Å². The summed E-state index contributed by atoms with van der Waals surface area (Å²) in [6.45, 7) is 1.86. The second-order valence-corrected chi connectivity index (χ2v) is 5.90. The highest BCUT2D eigenvalue weighted by atomic mass is 16.1. The van der Waals surface area contributed by atoms with Crippen LogP contribution < -0.4 is 5.32 Å². The van der Waals surface area contributed by atoms with Gasteiger partial charge in [-0.05, 0) is 45.8 Å². The molecule has 0 unspecified atom stereocenters. The summed E-state index contributed by atoms with van der Waals surface area (Å²) < 4.78 is 0. The molecule has 0 bridgehead atoms. The molecule has 0 atom stereocenters. The molecule has 0 aromatic heterocycles. The molecular formula is C15H30N2O. The molecule has 0 aromatic rings. The van der Waals surface area contributed by atoms with Crippen molar-refractivity contribution in [1.29, 1.82) is 0 Å². The van der Waals surface area contributed by atoms with Crippen LogP contribution in [0.2, 0.25) is 0 Å². The van der Waals surface area contributed by atoms with Gasteiger partial charge in [-0.25, -0.2) is 0 Å². The van der Waals surface area contributed by atoms with Gasteiger partial charge < -0.3 is 10.2 Å². The smallest absolute Gasteiger partial charge is 0.219 e. The maximum atomic E-state index is 11.6. The van der Waals surface area contributed by atoms with Crippen LogP contribution in [0.25, 0.3) is 0 Å². The number of hydrogen-bond acceptors (Lipinski definition) is 2. The molecule has 1 saturated carbocycles. The number of nitrogens with one attached hydrogen (secondary N) is 1. The Hall–Kier alpha value is -0.570. The van der Waals surface area contributed by atoms with Crippen molar-refractivity contribution in [1.82, 2.24) is 10.2 Å². The summed E-state index contributed by atoms with van der Waals surface area (Å²) in [5, 5.41) is 3.01. The maximum Gasteiger partial charge on any atom is 0.219 e. The predicted octanol–water partition coefficient (Wildman–Crippen LogP) is 2.80. The van der Waals surface area contributed by atoms with E-state index in [0.717, 1.165) is 38.3 Å². The number of rotatable bonds is 8. The second-order valence-electron chi connectivity index (χ2n) is 5.90. The molecule has 1 N–H and O–H groups in total. The maximum absolute atomic E-state index is 11.6. The lowest BCUT2D eigenvalue weighted by atomic mass is 9.86. The first-order valence-electron chi connectivity index (χ1n) is 7.60. The highest BCUT2D eigenvalue weighted by molar-refractivity contribution is 5.75. The molecular weight excluding hydrogens is 224 g/mol. The number of hydrogen-bond donors (Lipinski definition) is 1. The van der Waals surface area contributed by atoms with Crippen molar-refractivity contribution in [3.63, 3.8) is 0 Å². The average Bonchev–Trinajstić information content (AvgIpc) is 2.36. The summed E-state index contributed by atoms with van der Waals surface area (Å²) in [6.07, 6.45) is 11.1. The lowest BCUT2D eigenvalue weighted by Gasteiger charge is -2.21. The zero-order chi connectivity index (χ0) is 13.2. The Bertz CT molecular complexity index is 223. The molecule has 1 rings (SSSR count). The van der Waals surface area contributed by atoms with E-state index in [9.17, 15) is 4.79 Å². The molecule has 18 heavy (non-hydrogen) atoms. The van der Waals surface area contributed by atoms with Crippen LogP contribution in [0.3, 0.4) is 0 Å². The van der Waals surface area contributed by atoms with Crippen LogP contribution in [0.15, 0.2) is 0 Å². The van der Waals surface area contributed by atoms with E-state index in [0.29, 0.717) is 0 Å². The summed E-state index contributed by atoms with van der Waals surface area (Å²) in [4.78, 5) is 13.8. The van der Waals surface area contributed by atoms with Gasteiger partial charge in [-0.15, -0.1) is 0 Å². The van der Waals surface area contributed by atoms with Gasteiger partial charge in [0.1, 0.15) is 0 Å². The van der Waals surface area contributed by atoms with Crippen LogP contribution in [0.1, 0.15) is 57.8 Å². The fourth-order valence-electron chi connectivity index (χ4n) is 2.74. The van der Waals surface area contributed by atoms with Gasteiger partial charge in [0, 0.05) is 13.0 Å². The third kappa shape index (κ3) is 7.70. The summed E-state index contributed by atoms with van der Waals surface area (Å²) in [6, 6.07) is 0. The van der Waals surface area contributed by atoms with E-state index >= 15 is 0 Å². The standard InChI is InChI=1S/C15H30N2O/c1-17(2)13-7-12-16-15(18)11-6-10-14-8-4-3-5-9-14/h14H,3-13H2,1-2H3,(H,16,18). The molecule has 3 nitrogen and oxygen atoms in total. The molecule has 0 spiro atoms. The van der Waals surface area contributed by atoms with Gasteiger partial charge in [0.2, 0.25) is 5.91 Å². The molecule has 1 fully saturated rings. The molecule has 106 valence electrons. The lowest BCUT2D eigenvalue weighted by molar-refractivity contribution is -0.121. The highest BCUT2D eigenvalue weighted by Gasteiger charge is 2.13. The van der Waals surface area contributed by atoms with Crippen LogP contribution in [0.4, 0.5) is 0 Å². The van der Waals surface area contributed by atoms with Gasteiger partial charge in [-0.1, -0.05) is 32.1 Å². The Balaban J connectivity index is 1.92. The Morgan fingerprint density at radius 2 is 1.89 bits per heavy atom. The van der Waals surface area contributed by atoms with E-state index < -0.39 is 0 Å². The zero-order valence-electron chi connectivity index (χ0n) is 12.2. The van der Waals surface area contributed by atoms with E-state index in [-0.39, 0.29) is 5.91 Å². The quantitative estimate of drug-likeness (QED) is 0.676. The molecule has 0 aromatic carbocycles. The molecule has 0 saturated heterocycles. The van der Waals surface area contributed by atoms with E-state index in [1.54, 1.807) is 0 Å². The van der Waals surface area contributed by atoms with Crippen LogP contribution in [0.5, 0.6) is 0 Å². The van der Waals surface area contributed by atoms with Crippen LogP contribution in [-0.4, -0.2) is 38.0 Å². The van der Waals surface area contributed by atoms with Crippen LogP contribution in [-0.2, 0) is 4.79 Å². The molecule has 0 radical (unpaired) electrons. The number of amides is 1. The average molecular weight is 254 g/mol. The largest absolute Gasteiger partial charge is 0.356 e. The number of carbonyl (C=O) groups is 1. The topological polar surface area (TPSA) is 32.3 Å². The minimum atomic E-state index is 0.240. The summed E-state index contributed by atoms with van der Waals surface area (Å²) >= 11 is 0. The predicted molar refractivity (Wildman–Crippen MR) is 76.6 cm³/mol. The molecule has 0 aliphatic heterocycles. The summed E-state index contributed by atoms with van der Waals surface area (Å²) in [5.74, 6) is 1.14. The Morgan fingerprint density at radius 1 is 1.17 bits per heavy atom. The van der Waals surface area contributed by atoms with Crippen molar-refractivity contribution in [3.8, 4) is 0 Å². The van der Waals surface area contributed by atoms with Crippen molar-refractivity contribution >= 4 is 5.91 Å². The first-order chi connectivity index (χ1) is 8.68. The number of nitrogens with zero attached hydrogens (tertiary/aromatic N) is 1. The molecule has 1 aliphatic carbocycles. The molecule has 1 amide bonds. The van der Waals surface area contributed by atoms with Crippen molar-refractivity contribution in [2.24, 2.45) is 5.92 Å². The first-order valence-corrected chi connectivity index (χ1v) is 7.60. The van der Waals surface area contributed by atoms with Gasteiger partial charge in [0.15, 0.2) is 0 Å². The minimum absolute atomic E-state index is 0.240. The Kier molecular flexibility index (Phi) is 8.06. The molecule has 0 heterocycles. The lowest BCUT2D eigenvalue weighted by Crippen LogP contribution is -2.27. The third-order valence-electron chi connectivity index (χ3n) is 3.85. The fourth-order valence-corrected chi connectivity index (χ4v) is 2.74. The third-order valence-corrected chi connectivity index (χ3v) is 3.85. The summed E-state index contributed by atoms with van der Waals surface area (Å²) in [7, 11) is 4.12. The van der Waals surface area contributed by atoms with E-state index in [1.807, 2.05) is 0 Å². The van der Waals surface area contributed by atoms with Crippen molar-refractivity contribution in [2.75, 3.05) is 27.2 Å². The zero-order valence-corrected chi connectivity index (χ0v) is 12.2. The van der Waals surface area contributed by atoms with E-state index in [2.05, 4.69) is 24.3 Å². The Morgan fingerprint density at radius 3 is 2.56 bits per heavy atom. The first kappa shape index (κ1) is 15.5. The Labute approximate surface area is 112 Å². The van der Waals surface area contributed by atoms with Crippen LogP contribution >= 0.6 is 0 Å². The van der Waals surface area contributed by atoms with Gasteiger partial charge in [-0.3, -0.25) is 4.79 Å². The van der Waals surface area contributed by atoms with Crippen LogP contribution in [0, 0.1) is 5.92 Å². The summed E-state index contributed by atoms with van der Waals surface area (Å²) in [5.41, 5.74) is 0. The van der Waals surface area contributed by atoms with Crippen molar-refractivity contribution in [2.45, 2.75) is 57.8 Å². The normalized spacial score (nSPS) is 17.1. The van der Waals surface area contributed by atoms with E-state index in [1.165, 1.54) is 38.5 Å². The SMILES string of the molecule is CN(C)CCCNC(=O)CCCC1CCCCC1. The van der Waals surface area contributed by atoms with Gasteiger partial charge >= 0.3 is 0 Å². The highest BCUT2D eigenvalue weighted by Crippen LogP contribution is 2.27. The van der Waals surface area contributed by atoms with Crippen molar-refractivity contribution < 1.29 is 4.79 Å². The molecule has 3 heteroatoms. The number of carbonyl (C=O) groups excluding carboxylic acids is 1. The second kappa shape index (κ2) is 9.37. The minimum Gasteiger partial charge on any atom is -0.356 e. The molecule has 1 aliphatic rings. The fraction of sp³-hybridized carbons (Fsp3) is 0.933. The van der Waals surface area contributed by atoms with Gasteiger partial charge in [-0.2, -0.15) is 0 Å². The van der Waals surface area contributed by atoms with E-state index in [4.69, 9.17) is 0 Å². The van der Waals surface area contributed by atoms with Gasteiger partial charge in [0.05, 0.1) is 0 Å².